The maximum atomic E-state index is 12.1. The van der Waals surface area contributed by atoms with Gasteiger partial charge in [-0.15, -0.1) is 0 Å². The molecule has 0 unspecified atom stereocenters. The molecule has 1 heterocycles. The van der Waals surface area contributed by atoms with E-state index in [0.29, 0.717) is 17.4 Å². The van der Waals surface area contributed by atoms with Gasteiger partial charge < -0.3 is 0 Å². The Balaban J connectivity index is 2.02. The third-order valence-corrected chi connectivity index (χ3v) is 6.90. The Morgan fingerprint density at radius 2 is 1.44 bits per heavy atom. The normalized spacial score (nSPS) is 12.1. The summed E-state index contributed by atoms with van der Waals surface area (Å²) >= 11 is 0. The van der Waals surface area contributed by atoms with Gasteiger partial charge in [0, 0.05) is 10.4 Å². The van der Waals surface area contributed by atoms with Crippen LogP contribution in [0, 0.1) is 20.8 Å². The largest absolute Gasteiger partial charge is 0.341 e. The molecule has 10 nitrogen and oxygen atoms in total. The minimum absolute atomic E-state index is 0.0879. The SMILES string of the molecule is Cc1ccc(-n2nc(-c3ccc(S(=O)(=O)O)cc3S(=O)(=O)O)n[n+]2-c2ccc(C)cc2C)cc1. The lowest BCUT2D eigenvalue weighted by molar-refractivity contribution is -0.734. The van der Waals surface area contributed by atoms with Crippen LogP contribution in [0.25, 0.3) is 22.8 Å². The number of hydrogen-bond donors (Lipinski definition) is 2. The van der Waals surface area contributed by atoms with Crippen molar-refractivity contribution in [2.24, 2.45) is 0 Å². The van der Waals surface area contributed by atoms with Gasteiger partial charge in [0.15, 0.2) is 5.69 Å². The highest BCUT2D eigenvalue weighted by Crippen LogP contribution is 2.27. The van der Waals surface area contributed by atoms with Crippen LogP contribution in [0.5, 0.6) is 0 Å². The van der Waals surface area contributed by atoms with Gasteiger partial charge in [0.25, 0.3) is 20.2 Å². The highest BCUT2D eigenvalue weighted by atomic mass is 32.2. The van der Waals surface area contributed by atoms with Crippen LogP contribution in [-0.4, -0.2) is 40.9 Å². The Hall–Kier alpha value is -3.45. The molecule has 0 spiro atoms. The van der Waals surface area contributed by atoms with Gasteiger partial charge in [-0.05, 0) is 67.1 Å². The van der Waals surface area contributed by atoms with Crippen molar-refractivity contribution in [1.82, 2.24) is 15.0 Å². The number of hydrogen-bond acceptors (Lipinski definition) is 6. The molecule has 0 atom stereocenters. The molecule has 0 saturated heterocycles. The minimum Gasteiger partial charge on any atom is -0.282 e. The van der Waals surface area contributed by atoms with Crippen LogP contribution in [0.15, 0.2) is 70.5 Å². The number of rotatable bonds is 5. The second-order valence-electron chi connectivity index (χ2n) is 7.84. The Morgan fingerprint density at radius 3 is 2.03 bits per heavy atom. The highest BCUT2D eigenvalue weighted by Gasteiger charge is 2.30. The third kappa shape index (κ3) is 4.61. The van der Waals surface area contributed by atoms with Crippen molar-refractivity contribution in [3.05, 3.63) is 77.4 Å². The van der Waals surface area contributed by atoms with E-state index in [1.807, 2.05) is 63.2 Å². The molecule has 34 heavy (non-hydrogen) atoms. The zero-order valence-corrected chi connectivity index (χ0v) is 20.0. The summed E-state index contributed by atoms with van der Waals surface area (Å²) in [7, 11) is -9.60. The van der Waals surface area contributed by atoms with Gasteiger partial charge in [-0.1, -0.05) is 35.4 Å². The second kappa shape index (κ2) is 8.40. The zero-order chi connectivity index (χ0) is 24.8. The maximum absolute atomic E-state index is 12.1. The van der Waals surface area contributed by atoms with Crippen molar-refractivity contribution in [3.63, 3.8) is 0 Å². The minimum atomic E-state index is -4.89. The molecule has 4 rings (SSSR count). The Bertz CT molecular complexity index is 1630. The van der Waals surface area contributed by atoms with E-state index in [1.54, 1.807) is 0 Å². The molecule has 1 aromatic heterocycles. The van der Waals surface area contributed by atoms with Crippen LogP contribution >= 0.6 is 0 Å². The van der Waals surface area contributed by atoms with Crippen molar-refractivity contribution in [2.45, 2.75) is 30.6 Å². The summed E-state index contributed by atoms with van der Waals surface area (Å²) in [5.74, 6) is -0.0879. The van der Waals surface area contributed by atoms with Gasteiger partial charge in [0.1, 0.15) is 10.6 Å². The molecule has 0 bridgehead atoms. The average molecular weight is 502 g/mol. The summed E-state index contributed by atoms with van der Waals surface area (Å²) < 4.78 is 66.3. The topological polar surface area (TPSA) is 143 Å². The number of nitrogens with zero attached hydrogens (tertiary/aromatic N) is 4. The van der Waals surface area contributed by atoms with Gasteiger partial charge in [-0.2, -0.15) is 16.8 Å². The third-order valence-electron chi connectivity index (χ3n) is 5.16. The van der Waals surface area contributed by atoms with Gasteiger partial charge in [0.05, 0.1) is 15.6 Å². The summed E-state index contributed by atoms with van der Waals surface area (Å²) in [5.41, 5.74) is 4.11. The smallest absolute Gasteiger partial charge is 0.282 e. The highest BCUT2D eigenvalue weighted by molar-refractivity contribution is 7.86. The standard InChI is InChI=1S/C22H20N4O6S2/c1-14-4-7-17(8-5-14)25-23-22(24-26(25)20-11-6-15(2)12-16(20)3)19-10-9-18(33(27,28)29)13-21(19)34(30,31)32/h4-13H,1-3H3,(H-,27,28,29,30,31,32)/p+1. The molecular weight excluding hydrogens is 480 g/mol. The van der Waals surface area contributed by atoms with E-state index in [2.05, 4.69) is 10.2 Å². The molecule has 0 radical (unpaired) electrons. The van der Waals surface area contributed by atoms with Gasteiger partial charge in [-0.25, -0.2) is 0 Å². The van der Waals surface area contributed by atoms with Crippen LogP contribution < -0.4 is 4.80 Å². The van der Waals surface area contributed by atoms with Crippen molar-refractivity contribution < 1.29 is 30.7 Å². The number of benzene rings is 3. The molecule has 0 aliphatic rings. The summed E-state index contributed by atoms with van der Waals surface area (Å²) in [6.45, 7) is 5.78. The van der Waals surface area contributed by atoms with Crippen molar-refractivity contribution in [2.75, 3.05) is 0 Å². The molecule has 176 valence electrons. The molecule has 0 saturated carbocycles. The molecule has 0 fully saturated rings. The molecule has 12 heteroatoms. The molecule has 0 amide bonds. The first kappa shape index (κ1) is 23.7. The number of tetrazole rings is 1. The summed E-state index contributed by atoms with van der Waals surface area (Å²) in [6, 6.07) is 15.9. The molecule has 0 aliphatic carbocycles. The van der Waals surface area contributed by atoms with Gasteiger partial charge in [0.2, 0.25) is 0 Å². The first-order valence-electron chi connectivity index (χ1n) is 9.98. The quantitative estimate of drug-likeness (QED) is 0.314. The summed E-state index contributed by atoms with van der Waals surface area (Å²) in [4.78, 5) is 1.51. The van der Waals surface area contributed by atoms with Crippen molar-refractivity contribution in [3.8, 4) is 22.8 Å². The molecule has 3 aromatic carbocycles. The fourth-order valence-corrected chi connectivity index (χ4v) is 4.78. The second-order valence-corrected chi connectivity index (χ2v) is 10.6. The molecule has 0 aliphatic heterocycles. The predicted molar refractivity (Wildman–Crippen MR) is 122 cm³/mol. The van der Waals surface area contributed by atoms with Crippen molar-refractivity contribution >= 4 is 20.2 Å². The fourth-order valence-electron chi connectivity index (χ4n) is 3.48. The number of aryl methyl sites for hydroxylation is 3. The van der Waals surface area contributed by atoms with E-state index in [-0.39, 0.29) is 11.4 Å². The van der Waals surface area contributed by atoms with Crippen molar-refractivity contribution in [1.29, 1.82) is 0 Å². The van der Waals surface area contributed by atoms with E-state index in [1.165, 1.54) is 9.59 Å². The average Bonchev–Trinajstić information content (AvgIpc) is 3.17. The van der Waals surface area contributed by atoms with Crippen LogP contribution in [-0.2, 0) is 20.2 Å². The lowest BCUT2D eigenvalue weighted by atomic mass is 10.1. The molecular formula is C22H21N4O6S2+. The molecule has 4 aromatic rings. The maximum Gasteiger partial charge on any atom is 0.341 e. The Kier molecular flexibility index (Phi) is 5.85. The van der Waals surface area contributed by atoms with Gasteiger partial charge in [-0.3, -0.25) is 9.11 Å². The monoisotopic (exact) mass is 501 g/mol. The predicted octanol–water partition coefficient (Wildman–Crippen LogP) is 2.63. The summed E-state index contributed by atoms with van der Waals surface area (Å²) in [6.07, 6.45) is 0. The Labute approximate surface area is 196 Å². The van der Waals surface area contributed by atoms with Crippen LogP contribution in [0.2, 0.25) is 0 Å². The van der Waals surface area contributed by atoms with E-state index >= 15 is 0 Å². The first-order valence-corrected chi connectivity index (χ1v) is 12.9. The zero-order valence-electron chi connectivity index (χ0n) is 18.4. The van der Waals surface area contributed by atoms with E-state index < -0.39 is 30.0 Å². The van der Waals surface area contributed by atoms with Gasteiger partial charge >= 0.3 is 5.82 Å². The summed E-state index contributed by atoms with van der Waals surface area (Å²) in [5, 5.41) is 8.95. The fraction of sp³-hybridized carbons (Fsp3) is 0.136. The number of aromatic nitrogens is 4. The van der Waals surface area contributed by atoms with E-state index in [4.69, 9.17) is 0 Å². The van der Waals surface area contributed by atoms with Crippen LogP contribution in [0.4, 0.5) is 0 Å². The van der Waals surface area contributed by atoms with E-state index in [9.17, 15) is 25.9 Å². The first-order chi connectivity index (χ1) is 15.8. The lowest BCUT2D eigenvalue weighted by Gasteiger charge is -2.04. The van der Waals surface area contributed by atoms with Crippen LogP contribution in [0.1, 0.15) is 16.7 Å². The van der Waals surface area contributed by atoms with Crippen LogP contribution in [0.3, 0.4) is 0 Å². The molecule has 2 N–H and O–H groups in total. The lowest BCUT2D eigenvalue weighted by Crippen LogP contribution is -2.43. The van der Waals surface area contributed by atoms with E-state index in [0.717, 1.165) is 28.8 Å². The Morgan fingerprint density at radius 1 is 0.794 bits per heavy atom.